The zero-order valence-corrected chi connectivity index (χ0v) is 26.2. The Bertz CT molecular complexity index is 1780. The van der Waals surface area contributed by atoms with E-state index in [9.17, 15) is 9.59 Å². The molecule has 0 spiro atoms. The average molecular weight is 609 g/mol. The number of aryl methyl sites for hydroxylation is 2. The van der Waals surface area contributed by atoms with Crippen LogP contribution in [0.25, 0.3) is 15.9 Å². The van der Waals surface area contributed by atoms with Crippen molar-refractivity contribution in [2.45, 2.75) is 57.4 Å². The molecule has 6 rings (SSSR count). The number of nitrogens with zero attached hydrogens (tertiary/aromatic N) is 3. The number of carbonyl (C=O) groups excluding carboxylic acids is 1. The molecular formula is C35H36N4O2S2. The van der Waals surface area contributed by atoms with Gasteiger partial charge < -0.3 is 5.32 Å². The molecule has 0 bridgehead atoms. The summed E-state index contributed by atoms with van der Waals surface area (Å²) in [6, 6.07) is 28.8. The number of thioether (sulfide) groups is 1. The maximum atomic E-state index is 14.2. The predicted molar refractivity (Wildman–Crippen MR) is 177 cm³/mol. The molecular weight excluding hydrogens is 573 g/mol. The normalized spacial score (nSPS) is 14.0. The number of thiophene rings is 1. The third kappa shape index (κ3) is 6.93. The Hall–Kier alpha value is -3.72. The van der Waals surface area contributed by atoms with Gasteiger partial charge in [0.05, 0.1) is 16.8 Å². The Kier molecular flexibility index (Phi) is 9.07. The van der Waals surface area contributed by atoms with Crippen LogP contribution in [0.4, 0.5) is 0 Å². The van der Waals surface area contributed by atoms with E-state index in [2.05, 4.69) is 46.6 Å². The summed E-state index contributed by atoms with van der Waals surface area (Å²) in [4.78, 5) is 36.6. The molecule has 0 radical (unpaired) electrons. The fraction of sp³-hybridized carbons (Fsp3) is 0.286. The minimum atomic E-state index is -0.0577. The van der Waals surface area contributed by atoms with E-state index in [-0.39, 0.29) is 23.3 Å². The number of fused-ring (bicyclic) bond motifs is 3. The number of amides is 1. The first-order chi connectivity index (χ1) is 20.9. The zero-order chi connectivity index (χ0) is 29.8. The molecule has 220 valence electrons. The minimum absolute atomic E-state index is 0.0468. The molecule has 43 heavy (non-hydrogen) atoms. The lowest BCUT2D eigenvalue weighted by Crippen LogP contribution is -2.34. The molecule has 1 N–H and O–H groups in total. The number of hydrogen-bond acceptors (Lipinski definition) is 6. The molecule has 0 saturated carbocycles. The molecule has 1 aliphatic rings. The molecule has 0 saturated heterocycles. The third-order valence-corrected chi connectivity index (χ3v) is 9.93. The third-order valence-electron chi connectivity index (χ3n) is 7.88. The first kappa shape index (κ1) is 29.4. The standard InChI is InChI=1S/C35H36N4O2S2/c1-24-10-9-15-28(20-24)39-34(41)32-29-18-19-38(21-27-13-7-4-8-14-27)22-30(29)43-33(32)37-35(39)42-23-31(40)36-25(2)16-17-26-11-5-3-6-12-26/h3-15,20,25H,16-19,21-23H2,1-2H3,(H,36,40). The highest BCUT2D eigenvalue weighted by Crippen LogP contribution is 2.35. The van der Waals surface area contributed by atoms with E-state index < -0.39 is 0 Å². The summed E-state index contributed by atoms with van der Waals surface area (Å²) in [5.41, 5.74) is 5.47. The van der Waals surface area contributed by atoms with Gasteiger partial charge in [-0.3, -0.25) is 19.1 Å². The lowest BCUT2D eigenvalue weighted by atomic mass is 10.0. The summed E-state index contributed by atoms with van der Waals surface area (Å²) < 4.78 is 1.70. The van der Waals surface area contributed by atoms with Crippen LogP contribution in [0.3, 0.4) is 0 Å². The van der Waals surface area contributed by atoms with E-state index in [0.29, 0.717) is 5.16 Å². The van der Waals surface area contributed by atoms with Crippen LogP contribution >= 0.6 is 23.1 Å². The van der Waals surface area contributed by atoms with E-state index in [0.717, 1.165) is 65.9 Å². The Morgan fingerprint density at radius 3 is 2.51 bits per heavy atom. The highest BCUT2D eigenvalue weighted by molar-refractivity contribution is 7.99. The van der Waals surface area contributed by atoms with Gasteiger partial charge in [0.25, 0.3) is 5.56 Å². The number of aromatic nitrogens is 2. The second kappa shape index (κ2) is 13.3. The van der Waals surface area contributed by atoms with Crippen molar-refractivity contribution in [3.63, 3.8) is 0 Å². The maximum absolute atomic E-state index is 14.2. The van der Waals surface area contributed by atoms with Crippen LogP contribution in [0, 0.1) is 6.92 Å². The van der Waals surface area contributed by atoms with Gasteiger partial charge in [-0.25, -0.2) is 4.98 Å². The number of hydrogen-bond donors (Lipinski definition) is 1. The monoisotopic (exact) mass is 608 g/mol. The topological polar surface area (TPSA) is 67.2 Å². The highest BCUT2D eigenvalue weighted by atomic mass is 32.2. The van der Waals surface area contributed by atoms with Crippen molar-refractivity contribution in [3.8, 4) is 5.69 Å². The van der Waals surface area contributed by atoms with E-state index in [4.69, 9.17) is 4.98 Å². The average Bonchev–Trinajstić information content (AvgIpc) is 3.38. The minimum Gasteiger partial charge on any atom is -0.353 e. The molecule has 6 nitrogen and oxygen atoms in total. The summed E-state index contributed by atoms with van der Waals surface area (Å²) in [5.74, 6) is 0.132. The van der Waals surface area contributed by atoms with Crippen LogP contribution in [-0.4, -0.2) is 38.7 Å². The van der Waals surface area contributed by atoms with Crippen molar-refractivity contribution in [1.82, 2.24) is 19.8 Å². The smallest absolute Gasteiger partial charge is 0.267 e. The Morgan fingerprint density at radius 2 is 1.77 bits per heavy atom. The number of rotatable bonds is 10. The fourth-order valence-electron chi connectivity index (χ4n) is 5.69. The van der Waals surface area contributed by atoms with Gasteiger partial charge >= 0.3 is 0 Å². The zero-order valence-electron chi connectivity index (χ0n) is 24.6. The fourth-order valence-corrected chi connectivity index (χ4v) is 7.82. The van der Waals surface area contributed by atoms with Gasteiger partial charge in [-0.05, 0) is 67.5 Å². The van der Waals surface area contributed by atoms with Crippen LogP contribution in [-0.2, 0) is 30.7 Å². The van der Waals surface area contributed by atoms with Gasteiger partial charge in [0.1, 0.15) is 4.83 Å². The maximum Gasteiger partial charge on any atom is 0.267 e. The van der Waals surface area contributed by atoms with E-state index in [1.807, 2.05) is 62.4 Å². The quantitative estimate of drug-likeness (QED) is 0.144. The SMILES string of the molecule is Cc1cccc(-n2c(SCC(=O)NC(C)CCc3ccccc3)nc3sc4c(c3c2=O)CCN(Cc2ccccc2)C4)c1. The van der Waals surface area contributed by atoms with Gasteiger partial charge in [0.15, 0.2) is 5.16 Å². The summed E-state index contributed by atoms with van der Waals surface area (Å²) >= 11 is 2.94. The molecule has 1 unspecified atom stereocenters. The van der Waals surface area contributed by atoms with Gasteiger partial charge in [-0.2, -0.15) is 0 Å². The van der Waals surface area contributed by atoms with Gasteiger partial charge in [0.2, 0.25) is 5.91 Å². The Morgan fingerprint density at radius 1 is 1.02 bits per heavy atom. The molecule has 1 amide bonds. The van der Waals surface area contributed by atoms with Gasteiger partial charge in [-0.1, -0.05) is 84.6 Å². The molecule has 3 aromatic carbocycles. The lowest BCUT2D eigenvalue weighted by molar-refractivity contribution is -0.119. The van der Waals surface area contributed by atoms with E-state index in [1.54, 1.807) is 15.9 Å². The molecule has 3 heterocycles. The van der Waals surface area contributed by atoms with Crippen molar-refractivity contribution in [2.75, 3.05) is 12.3 Å². The van der Waals surface area contributed by atoms with Crippen LogP contribution in [0.15, 0.2) is 94.9 Å². The van der Waals surface area contributed by atoms with Gasteiger partial charge in [0, 0.05) is 30.6 Å². The van der Waals surface area contributed by atoms with Crippen LogP contribution in [0.5, 0.6) is 0 Å². The molecule has 0 fully saturated rings. The Balaban J connectivity index is 1.24. The van der Waals surface area contributed by atoms with Crippen molar-refractivity contribution in [2.24, 2.45) is 0 Å². The van der Waals surface area contributed by atoms with E-state index >= 15 is 0 Å². The molecule has 8 heteroatoms. The summed E-state index contributed by atoms with van der Waals surface area (Å²) in [7, 11) is 0. The molecule has 0 aliphatic carbocycles. The van der Waals surface area contributed by atoms with Crippen molar-refractivity contribution >= 4 is 39.2 Å². The van der Waals surface area contributed by atoms with Crippen molar-refractivity contribution in [1.29, 1.82) is 0 Å². The predicted octanol–water partition coefficient (Wildman–Crippen LogP) is 6.54. The van der Waals surface area contributed by atoms with Crippen LogP contribution in [0.2, 0.25) is 0 Å². The molecule has 2 aromatic heterocycles. The second-order valence-electron chi connectivity index (χ2n) is 11.3. The van der Waals surface area contributed by atoms with Gasteiger partial charge in [-0.15, -0.1) is 11.3 Å². The number of benzene rings is 3. The highest BCUT2D eigenvalue weighted by Gasteiger charge is 2.26. The lowest BCUT2D eigenvalue weighted by Gasteiger charge is -2.26. The van der Waals surface area contributed by atoms with Crippen LogP contribution in [0.1, 0.15) is 40.5 Å². The van der Waals surface area contributed by atoms with E-state index in [1.165, 1.54) is 27.8 Å². The summed E-state index contributed by atoms with van der Waals surface area (Å²) in [5, 5.41) is 4.40. The summed E-state index contributed by atoms with van der Waals surface area (Å²) in [6.07, 6.45) is 2.59. The molecule has 1 atom stereocenters. The van der Waals surface area contributed by atoms with Crippen molar-refractivity contribution < 1.29 is 4.79 Å². The summed E-state index contributed by atoms with van der Waals surface area (Å²) in [6.45, 7) is 6.65. The molecule has 5 aromatic rings. The first-order valence-electron chi connectivity index (χ1n) is 14.8. The largest absolute Gasteiger partial charge is 0.353 e. The second-order valence-corrected chi connectivity index (χ2v) is 13.3. The number of carbonyl (C=O) groups is 1. The first-order valence-corrected chi connectivity index (χ1v) is 16.6. The van der Waals surface area contributed by atoms with Crippen LogP contribution < -0.4 is 10.9 Å². The Labute approximate surface area is 260 Å². The molecule has 1 aliphatic heterocycles. The van der Waals surface area contributed by atoms with Crippen molar-refractivity contribution in [3.05, 3.63) is 122 Å². The number of nitrogens with one attached hydrogen (secondary N) is 1.